The number of nitrogens with one attached hydrogen (secondary N) is 2. The number of aryl methyl sites for hydroxylation is 2. The van der Waals surface area contributed by atoms with Gasteiger partial charge in [-0.25, -0.2) is 15.4 Å². The third-order valence-corrected chi connectivity index (χ3v) is 6.82. The molecule has 0 radical (unpaired) electrons. The van der Waals surface area contributed by atoms with Crippen LogP contribution in [0.4, 0.5) is 0 Å². The number of nitrogens with zero attached hydrogens (tertiary/aromatic N) is 3. The number of nitrogens with two attached hydrogens (primary N) is 1. The van der Waals surface area contributed by atoms with Crippen LogP contribution in [0, 0.1) is 6.92 Å². The molecule has 0 spiro atoms. The first-order valence-electron chi connectivity index (χ1n) is 17.2. The molecule has 0 saturated heterocycles. The minimum Gasteiger partial charge on any atom is -0.333 e. The minimum atomic E-state index is 1.00. The topological polar surface area (TPSA) is 78.0 Å². The van der Waals surface area contributed by atoms with Gasteiger partial charge in [0.25, 0.3) is 0 Å². The molecule has 44 heavy (non-hydrogen) atoms. The van der Waals surface area contributed by atoms with Crippen molar-refractivity contribution in [3.05, 3.63) is 59.7 Å². The van der Waals surface area contributed by atoms with Crippen molar-refractivity contribution in [3.8, 4) is 11.1 Å². The second kappa shape index (κ2) is 35.1. The quantitative estimate of drug-likeness (QED) is 0.0809. The Morgan fingerprint density at radius 1 is 0.795 bits per heavy atom. The number of hydrogen-bond acceptors (Lipinski definition) is 5. The van der Waals surface area contributed by atoms with Crippen molar-refractivity contribution in [2.75, 3.05) is 34.7 Å². The van der Waals surface area contributed by atoms with Crippen molar-refractivity contribution in [1.29, 1.82) is 0 Å². The molecule has 0 fully saturated rings. The molecule has 0 bridgehead atoms. The van der Waals surface area contributed by atoms with E-state index in [2.05, 4.69) is 117 Å². The zero-order valence-electron chi connectivity index (χ0n) is 31.0. The molecule has 4 N–H and O–H groups in total. The molecule has 2 aromatic rings. The standard InChI is InChI=1S/C16H32N2.C15H16.C4H13N3.C2H6.CH5N/c1-5-7-9-10-11-12-13-15(3)18-16(17-4)14-8-6-2;1-3-13-8-10-14(11-9-13)15-7-5-4-6-12(15)2;1-4-7(3)6-5-2;2*1-2/h5-14H2,1-4H3;4-11H,3H2,1-2H3;5-6H,4H2,1-3H3;1-2H3;2H2,1H3. The van der Waals surface area contributed by atoms with Crippen molar-refractivity contribution in [2.24, 2.45) is 15.7 Å². The monoisotopic (exact) mass is 613 g/mol. The fourth-order valence-electron chi connectivity index (χ4n) is 4.08. The van der Waals surface area contributed by atoms with Crippen LogP contribution in [0.3, 0.4) is 0 Å². The molecule has 0 aliphatic rings. The molecule has 0 aliphatic carbocycles. The van der Waals surface area contributed by atoms with Crippen molar-refractivity contribution in [2.45, 2.75) is 126 Å². The fraction of sp³-hybridized carbons (Fsp3) is 0.632. The zero-order valence-corrected chi connectivity index (χ0v) is 31.0. The normalized spacial score (nSPS) is 10.8. The number of unbranched alkanes of at least 4 members (excludes halogenated alkanes) is 6. The van der Waals surface area contributed by atoms with E-state index >= 15 is 0 Å². The summed E-state index contributed by atoms with van der Waals surface area (Å²) in [5, 5.41) is 1.94. The van der Waals surface area contributed by atoms with Crippen LogP contribution in [0.2, 0.25) is 0 Å². The van der Waals surface area contributed by atoms with Gasteiger partial charge in [0, 0.05) is 32.8 Å². The summed E-state index contributed by atoms with van der Waals surface area (Å²) in [7, 11) is 7.16. The summed E-state index contributed by atoms with van der Waals surface area (Å²) in [6.45, 7) is 18.0. The third-order valence-electron chi connectivity index (χ3n) is 6.82. The Kier molecular flexibility index (Phi) is 36.7. The molecule has 6 nitrogen and oxygen atoms in total. The maximum atomic E-state index is 4.63. The van der Waals surface area contributed by atoms with Gasteiger partial charge in [0.2, 0.25) is 0 Å². The summed E-state index contributed by atoms with van der Waals surface area (Å²) in [6.07, 6.45) is 13.8. The Bertz CT molecular complexity index is 921. The number of rotatable bonds is 15. The Hall–Kier alpha value is -2.38. The SMILES string of the molecule is CC.CCCCCCCCC(C)=NC(CCCC)=NC.CCN(C)NNC.CCc1ccc(-c2ccccc2C)cc1.CN. The third kappa shape index (κ3) is 26.1. The number of hydrogen-bond donors (Lipinski definition) is 3. The number of amidine groups is 1. The van der Waals surface area contributed by atoms with Gasteiger partial charge in [-0.15, -0.1) is 0 Å². The Morgan fingerprint density at radius 2 is 1.36 bits per heavy atom. The lowest BCUT2D eigenvalue weighted by Gasteiger charge is -2.12. The summed E-state index contributed by atoms with van der Waals surface area (Å²) in [5.74, 6) is 1.03. The first-order valence-corrected chi connectivity index (χ1v) is 17.2. The van der Waals surface area contributed by atoms with E-state index in [0.29, 0.717) is 0 Å². The van der Waals surface area contributed by atoms with Gasteiger partial charge in [0.15, 0.2) is 0 Å². The van der Waals surface area contributed by atoms with Gasteiger partial charge in [0.05, 0.1) is 0 Å². The van der Waals surface area contributed by atoms with E-state index in [0.717, 1.165) is 31.6 Å². The van der Waals surface area contributed by atoms with Crippen molar-refractivity contribution >= 4 is 11.5 Å². The average Bonchev–Trinajstić information content (AvgIpc) is 3.07. The molecule has 254 valence electrons. The lowest BCUT2D eigenvalue weighted by Crippen LogP contribution is -2.42. The Morgan fingerprint density at radius 3 is 1.84 bits per heavy atom. The minimum absolute atomic E-state index is 1.00. The highest BCUT2D eigenvalue weighted by Crippen LogP contribution is 2.23. The highest BCUT2D eigenvalue weighted by molar-refractivity contribution is 5.96. The predicted molar refractivity (Wildman–Crippen MR) is 202 cm³/mol. The number of benzene rings is 2. The molecule has 6 heteroatoms. The van der Waals surface area contributed by atoms with Gasteiger partial charge >= 0.3 is 0 Å². The van der Waals surface area contributed by atoms with E-state index in [-0.39, 0.29) is 0 Å². The van der Waals surface area contributed by atoms with Crippen LogP contribution in [0.5, 0.6) is 0 Å². The summed E-state index contributed by atoms with van der Waals surface area (Å²) in [5.41, 5.74) is 16.8. The summed E-state index contributed by atoms with van der Waals surface area (Å²) in [4.78, 5) is 8.90. The molecule has 2 aromatic carbocycles. The second-order valence-electron chi connectivity index (χ2n) is 10.3. The smallest absolute Gasteiger partial charge is 0.122 e. The van der Waals surface area contributed by atoms with Crippen molar-refractivity contribution < 1.29 is 0 Å². The molecule has 0 amide bonds. The molecule has 2 rings (SSSR count). The molecule has 0 aliphatic heterocycles. The lowest BCUT2D eigenvalue weighted by molar-refractivity contribution is 0.214. The first-order chi connectivity index (χ1) is 21.4. The number of hydrazine groups is 2. The number of aliphatic imine (C=N–C) groups is 2. The van der Waals surface area contributed by atoms with Gasteiger partial charge < -0.3 is 5.73 Å². The van der Waals surface area contributed by atoms with Crippen LogP contribution in [-0.4, -0.2) is 51.3 Å². The van der Waals surface area contributed by atoms with E-state index in [1.165, 1.54) is 86.4 Å². The fourth-order valence-corrected chi connectivity index (χ4v) is 4.08. The first kappa shape index (κ1) is 46.0. The molecule has 0 heterocycles. The van der Waals surface area contributed by atoms with E-state index in [9.17, 15) is 0 Å². The van der Waals surface area contributed by atoms with E-state index in [1.54, 1.807) is 0 Å². The van der Waals surface area contributed by atoms with Crippen LogP contribution in [-0.2, 0) is 6.42 Å². The molecule has 0 aromatic heterocycles. The van der Waals surface area contributed by atoms with Crippen LogP contribution >= 0.6 is 0 Å². The molecular formula is C38H72N6. The zero-order chi connectivity index (χ0) is 34.0. The van der Waals surface area contributed by atoms with E-state index in [4.69, 9.17) is 0 Å². The molecular weight excluding hydrogens is 540 g/mol. The summed E-state index contributed by atoms with van der Waals surface area (Å²) >= 11 is 0. The molecule has 0 unspecified atom stereocenters. The highest BCUT2D eigenvalue weighted by atomic mass is 15.7. The van der Waals surface area contributed by atoms with Gasteiger partial charge in [-0.3, -0.25) is 4.99 Å². The predicted octanol–water partition coefficient (Wildman–Crippen LogP) is 9.82. The van der Waals surface area contributed by atoms with Gasteiger partial charge in [-0.2, -0.15) is 5.53 Å². The maximum absolute atomic E-state index is 4.63. The van der Waals surface area contributed by atoms with Gasteiger partial charge in [-0.1, -0.05) is 129 Å². The Labute approximate surface area is 274 Å². The van der Waals surface area contributed by atoms with E-state index in [1.807, 2.05) is 40.0 Å². The van der Waals surface area contributed by atoms with Gasteiger partial charge in [0.1, 0.15) is 5.84 Å². The van der Waals surface area contributed by atoms with Crippen molar-refractivity contribution in [3.63, 3.8) is 0 Å². The summed E-state index contributed by atoms with van der Waals surface area (Å²) < 4.78 is 0. The van der Waals surface area contributed by atoms with Crippen LogP contribution < -0.4 is 16.7 Å². The van der Waals surface area contributed by atoms with Gasteiger partial charge in [-0.05, 0) is 75.9 Å². The van der Waals surface area contributed by atoms with Crippen LogP contribution in [0.15, 0.2) is 58.5 Å². The molecule has 0 saturated carbocycles. The van der Waals surface area contributed by atoms with Crippen molar-refractivity contribution in [1.82, 2.24) is 16.0 Å². The van der Waals surface area contributed by atoms with Crippen LogP contribution in [0.1, 0.15) is 124 Å². The maximum Gasteiger partial charge on any atom is 0.122 e. The average molecular weight is 613 g/mol. The molecule has 0 atom stereocenters. The lowest BCUT2D eigenvalue weighted by atomic mass is 9.99. The summed E-state index contributed by atoms with van der Waals surface area (Å²) in [6, 6.07) is 17.3. The Balaban J connectivity index is -0.000000580. The largest absolute Gasteiger partial charge is 0.333 e. The van der Waals surface area contributed by atoms with E-state index < -0.39 is 0 Å². The second-order valence-corrected chi connectivity index (χ2v) is 10.3. The van der Waals surface area contributed by atoms with Crippen LogP contribution in [0.25, 0.3) is 11.1 Å². The highest BCUT2D eigenvalue weighted by Gasteiger charge is 2.00.